The van der Waals surface area contributed by atoms with Gasteiger partial charge in [0.2, 0.25) is 11.8 Å². The molecule has 16 heteroatoms. The minimum absolute atomic E-state index is 0.0125. The number of carbonyl (C=O) groups excluding carboxylic acids is 5. The summed E-state index contributed by atoms with van der Waals surface area (Å²) < 4.78 is 23.6. The quantitative estimate of drug-likeness (QED) is 0.207. The predicted octanol–water partition coefficient (Wildman–Crippen LogP) is 4.45. The second-order valence-electron chi connectivity index (χ2n) is 17.1. The van der Waals surface area contributed by atoms with Gasteiger partial charge in [-0.2, -0.15) is 5.10 Å². The average molecular weight is 820 g/mol. The maximum atomic E-state index is 16.0. The van der Waals surface area contributed by atoms with Crippen LogP contribution in [-0.2, 0) is 22.7 Å². The Hall–Kier alpha value is -5.90. The third-order valence-electron chi connectivity index (χ3n) is 12.8. The van der Waals surface area contributed by atoms with Crippen molar-refractivity contribution in [1.29, 1.82) is 0 Å². The lowest BCUT2D eigenvalue weighted by molar-refractivity contribution is -0.136. The van der Waals surface area contributed by atoms with E-state index in [0.717, 1.165) is 69.7 Å². The van der Waals surface area contributed by atoms with Gasteiger partial charge in [-0.05, 0) is 118 Å². The SMILES string of the molecule is CC(C)Oc1cc2c(cc1NC(=O)c1cnn3cccnc13)CN(C[C@@H](F)C1CCN(CC3CCN(c4ccc5c(c4)CN(C4CCC(=O)NC4=O)C5=O)CC3)CC1)C2=O. The van der Waals surface area contributed by atoms with E-state index in [9.17, 15) is 24.0 Å². The van der Waals surface area contributed by atoms with Crippen LogP contribution < -0.4 is 20.3 Å². The van der Waals surface area contributed by atoms with Gasteiger partial charge in [-0.15, -0.1) is 0 Å². The molecule has 5 aliphatic rings. The Labute approximate surface area is 347 Å². The molecule has 4 aromatic rings. The zero-order valence-corrected chi connectivity index (χ0v) is 33.9. The van der Waals surface area contributed by atoms with Crippen LogP contribution in [0.1, 0.15) is 94.6 Å². The number of aromatic nitrogens is 3. The van der Waals surface area contributed by atoms with Crippen LogP contribution in [0.4, 0.5) is 15.8 Å². The number of nitrogens with one attached hydrogen (secondary N) is 2. The number of benzene rings is 2. The van der Waals surface area contributed by atoms with Crippen molar-refractivity contribution in [2.24, 2.45) is 11.8 Å². The summed E-state index contributed by atoms with van der Waals surface area (Å²) in [4.78, 5) is 76.5. The fourth-order valence-corrected chi connectivity index (χ4v) is 9.53. The molecular weight excluding hydrogens is 770 g/mol. The number of halogens is 1. The Balaban J connectivity index is 0.748. The molecule has 5 amide bonds. The minimum atomic E-state index is -1.15. The van der Waals surface area contributed by atoms with Crippen molar-refractivity contribution in [3.63, 3.8) is 0 Å². The van der Waals surface area contributed by atoms with E-state index in [1.54, 1.807) is 40.4 Å². The van der Waals surface area contributed by atoms with E-state index in [4.69, 9.17) is 4.74 Å². The van der Waals surface area contributed by atoms with E-state index in [1.165, 1.54) is 10.7 Å². The number of alkyl halides is 1. The first-order valence-electron chi connectivity index (χ1n) is 21.1. The highest BCUT2D eigenvalue weighted by Crippen LogP contribution is 2.37. The number of anilines is 2. The summed E-state index contributed by atoms with van der Waals surface area (Å²) in [6.45, 7) is 8.80. The molecule has 2 N–H and O–H groups in total. The van der Waals surface area contributed by atoms with E-state index < -0.39 is 24.0 Å². The molecule has 60 heavy (non-hydrogen) atoms. The number of hydrogen-bond acceptors (Lipinski definition) is 10. The van der Waals surface area contributed by atoms with Gasteiger partial charge in [0.25, 0.3) is 17.7 Å². The van der Waals surface area contributed by atoms with Crippen LogP contribution >= 0.6 is 0 Å². The Kier molecular flexibility index (Phi) is 10.7. The van der Waals surface area contributed by atoms with Crippen molar-refractivity contribution >= 4 is 46.6 Å². The van der Waals surface area contributed by atoms with Gasteiger partial charge in [0.15, 0.2) is 5.65 Å². The van der Waals surface area contributed by atoms with E-state index in [0.29, 0.717) is 58.2 Å². The van der Waals surface area contributed by atoms with Crippen LogP contribution in [0.5, 0.6) is 5.75 Å². The van der Waals surface area contributed by atoms with Crippen molar-refractivity contribution in [2.45, 2.75) is 83.8 Å². The van der Waals surface area contributed by atoms with Crippen LogP contribution in [-0.4, -0.2) is 116 Å². The molecule has 0 bridgehead atoms. The lowest BCUT2D eigenvalue weighted by Gasteiger charge is -2.39. The Bertz CT molecular complexity index is 2350. The summed E-state index contributed by atoms with van der Waals surface area (Å²) in [6.07, 6.45) is 7.52. The monoisotopic (exact) mass is 819 g/mol. The van der Waals surface area contributed by atoms with Crippen molar-refractivity contribution in [3.8, 4) is 5.75 Å². The molecule has 314 valence electrons. The molecule has 0 saturated carbocycles. The zero-order chi connectivity index (χ0) is 41.7. The minimum Gasteiger partial charge on any atom is -0.489 e. The summed E-state index contributed by atoms with van der Waals surface area (Å²) in [5.74, 6) is -0.732. The summed E-state index contributed by atoms with van der Waals surface area (Å²) in [7, 11) is 0. The van der Waals surface area contributed by atoms with Crippen molar-refractivity contribution < 1.29 is 33.1 Å². The highest BCUT2D eigenvalue weighted by Gasteiger charge is 2.40. The maximum Gasteiger partial charge on any atom is 0.261 e. The van der Waals surface area contributed by atoms with Crippen molar-refractivity contribution in [3.05, 3.63) is 82.8 Å². The first-order chi connectivity index (χ1) is 29.0. The fraction of sp³-hybridized carbons (Fsp3) is 0.477. The Morgan fingerprint density at radius 3 is 2.50 bits per heavy atom. The summed E-state index contributed by atoms with van der Waals surface area (Å²) in [5, 5.41) is 9.50. The summed E-state index contributed by atoms with van der Waals surface area (Å²) in [5.41, 5.74) is 4.92. The number of fused-ring (bicyclic) bond motifs is 3. The number of rotatable bonds is 11. The molecule has 15 nitrogen and oxygen atoms in total. The molecule has 0 aliphatic carbocycles. The van der Waals surface area contributed by atoms with Crippen LogP contribution in [0, 0.1) is 11.8 Å². The molecule has 3 saturated heterocycles. The van der Waals surface area contributed by atoms with Gasteiger partial charge >= 0.3 is 0 Å². The van der Waals surface area contributed by atoms with Gasteiger partial charge in [0, 0.05) is 68.4 Å². The number of nitrogens with zero attached hydrogens (tertiary/aromatic N) is 7. The van der Waals surface area contributed by atoms with Gasteiger partial charge in [0.1, 0.15) is 23.5 Å². The van der Waals surface area contributed by atoms with Gasteiger partial charge in [-0.25, -0.2) is 13.9 Å². The lowest BCUT2D eigenvalue weighted by Crippen LogP contribution is -2.52. The number of carbonyl (C=O) groups is 5. The smallest absolute Gasteiger partial charge is 0.261 e. The van der Waals surface area contributed by atoms with Crippen molar-refractivity contribution in [2.75, 3.05) is 49.5 Å². The molecule has 0 radical (unpaired) electrons. The van der Waals surface area contributed by atoms with Gasteiger partial charge in [-0.1, -0.05) is 0 Å². The molecule has 3 fully saturated rings. The Morgan fingerprint density at radius 1 is 0.950 bits per heavy atom. The fourth-order valence-electron chi connectivity index (χ4n) is 9.53. The van der Waals surface area contributed by atoms with E-state index in [2.05, 4.69) is 36.6 Å². The number of likely N-dealkylation sites (tertiary alicyclic amines) is 1. The number of imide groups is 1. The van der Waals surface area contributed by atoms with Crippen LogP contribution in [0.3, 0.4) is 0 Å². The van der Waals surface area contributed by atoms with Crippen LogP contribution in [0.15, 0.2) is 55.0 Å². The van der Waals surface area contributed by atoms with Crippen LogP contribution in [0.25, 0.3) is 5.65 Å². The highest BCUT2D eigenvalue weighted by molar-refractivity contribution is 6.09. The first kappa shape index (κ1) is 39.6. The average Bonchev–Trinajstić information content (AvgIpc) is 3.91. The second kappa shape index (κ2) is 16.3. The largest absolute Gasteiger partial charge is 0.489 e. The maximum absolute atomic E-state index is 16.0. The lowest BCUT2D eigenvalue weighted by atomic mass is 9.90. The number of hydrogen-bond donors (Lipinski definition) is 2. The molecule has 2 aromatic carbocycles. The molecule has 2 atom stereocenters. The number of ether oxygens (including phenoxy) is 1. The molecular formula is C44H50FN9O6. The molecule has 1 unspecified atom stereocenters. The molecule has 2 aromatic heterocycles. The topological polar surface area (TPSA) is 162 Å². The van der Waals surface area contributed by atoms with Crippen molar-refractivity contribution in [1.82, 2.24) is 34.6 Å². The second-order valence-corrected chi connectivity index (χ2v) is 17.1. The van der Waals surface area contributed by atoms with Crippen LogP contribution in [0.2, 0.25) is 0 Å². The molecule has 9 rings (SSSR count). The predicted molar refractivity (Wildman–Crippen MR) is 219 cm³/mol. The van der Waals surface area contributed by atoms with Gasteiger partial charge < -0.3 is 29.7 Å². The van der Waals surface area contributed by atoms with Gasteiger partial charge in [0.05, 0.1) is 24.5 Å². The third kappa shape index (κ3) is 7.80. The van der Waals surface area contributed by atoms with E-state index >= 15 is 4.39 Å². The molecule has 7 heterocycles. The normalized spacial score (nSPS) is 20.9. The standard InChI is InChI=1S/C44H50FN9O6/c1-26(2)60-38-20-33-30(19-36(38)48-41(56)34-21-47-54-13-3-12-46-40(34)54)23-52(43(33)58)25-35(45)28-10-14-50(15-11-28)22-27-8-16-51(17-9-27)31-4-5-32-29(18-31)24-53(44(32)59)37-6-7-39(55)49-42(37)57/h3-5,12-13,18-21,26-28,35,37H,6-11,14-17,22-25H2,1-2H3,(H,48,56)(H,49,55,57)/t35-,37?/m1/s1. The van der Waals surface area contributed by atoms with E-state index in [-0.39, 0.29) is 49.3 Å². The molecule has 5 aliphatic heterocycles. The highest BCUT2D eigenvalue weighted by atomic mass is 19.1. The number of amides is 5. The summed E-state index contributed by atoms with van der Waals surface area (Å²) >= 11 is 0. The third-order valence-corrected chi connectivity index (χ3v) is 12.8. The zero-order valence-electron chi connectivity index (χ0n) is 33.9. The van der Waals surface area contributed by atoms with E-state index in [1.807, 2.05) is 26.0 Å². The molecule has 0 spiro atoms. The summed E-state index contributed by atoms with van der Waals surface area (Å²) in [6, 6.07) is 10.5. The number of piperidine rings is 3. The van der Waals surface area contributed by atoms with Gasteiger partial charge in [-0.3, -0.25) is 29.3 Å². The Morgan fingerprint density at radius 2 is 1.73 bits per heavy atom. The first-order valence-corrected chi connectivity index (χ1v) is 21.1.